The van der Waals surface area contributed by atoms with Gasteiger partial charge in [0.2, 0.25) is 11.7 Å². The van der Waals surface area contributed by atoms with Gasteiger partial charge < -0.3 is 8.94 Å². The van der Waals surface area contributed by atoms with Crippen molar-refractivity contribution in [3.05, 3.63) is 54.4 Å². The molecule has 7 heteroatoms. The summed E-state index contributed by atoms with van der Waals surface area (Å²) in [7, 11) is -1.44. The van der Waals surface area contributed by atoms with Crippen molar-refractivity contribution in [2.24, 2.45) is 0 Å². The van der Waals surface area contributed by atoms with E-state index < -0.39 is 16.6 Å². The fraction of sp³-hybridized carbons (Fsp3) is 0.0769. The fourth-order valence-corrected chi connectivity index (χ4v) is 2.61. The lowest BCUT2D eigenvalue weighted by Crippen LogP contribution is -1.97. The molecule has 5 nitrogen and oxygen atoms in total. The van der Waals surface area contributed by atoms with E-state index in [1.54, 1.807) is 18.2 Å². The standard InChI is InChI=1S/C13H9FN2O3S/c14-9-3-1-4-10(7-9)20(17)8-12-15-13(16-19-12)11-5-2-6-18-11/h1-7H,8H2. The number of halogens is 1. The lowest BCUT2D eigenvalue weighted by Gasteiger charge is -1.98. The van der Waals surface area contributed by atoms with Gasteiger partial charge in [-0.3, -0.25) is 4.21 Å². The van der Waals surface area contributed by atoms with Crippen LogP contribution < -0.4 is 0 Å². The van der Waals surface area contributed by atoms with Crippen molar-refractivity contribution in [1.82, 2.24) is 10.1 Å². The Bertz CT molecular complexity index is 740. The lowest BCUT2D eigenvalue weighted by atomic mass is 10.4. The quantitative estimate of drug-likeness (QED) is 0.739. The average Bonchev–Trinajstić information content (AvgIpc) is 3.08. The molecule has 0 amide bonds. The van der Waals surface area contributed by atoms with Crippen LogP contribution in [0.2, 0.25) is 0 Å². The molecule has 2 aromatic heterocycles. The van der Waals surface area contributed by atoms with Gasteiger partial charge in [0.25, 0.3) is 0 Å². The summed E-state index contributed by atoms with van der Waals surface area (Å²) in [5.41, 5.74) is 0. The third-order valence-electron chi connectivity index (χ3n) is 2.52. The molecule has 2 heterocycles. The van der Waals surface area contributed by atoms with E-state index in [0.29, 0.717) is 16.5 Å². The van der Waals surface area contributed by atoms with Crippen molar-refractivity contribution in [2.75, 3.05) is 0 Å². The second-order valence-electron chi connectivity index (χ2n) is 3.94. The van der Waals surface area contributed by atoms with Crippen molar-refractivity contribution in [1.29, 1.82) is 0 Å². The van der Waals surface area contributed by atoms with Crippen LogP contribution in [0.5, 0.6) is 0 Å². The smallest absolute Gasteiger partial charge is 0.240 e. The van der Waals surface area contributed by atoms with Crippen molar-refractivity contribution >= 4 is 10.8 Å². The molecule has 1 atom stereocenters. The molecular weight excluding hydrogens is 283 g/mol. The van der Waals surface area contributed by atoms with Gasteiger partial charge in [-0.05, 0) is 30.3 Å². The molecule has 0 bridgehead atoms. The molecule has 20 heavy (non-hydrogen) atoms. The Morgan fingerprint density at radius 1 is 1.25 bits per heavy atom. The first-order valence-electron chi connectivity index (χ1n) is 5.73. The minimum Gasteiger partial charge on any atom is -0.461 e. The molecule has 0 aliphatic carbocycles. The van der Waals surface area contributed by atoms with Crippen LogP contribution in [-0.2, 0) is 16.6 Å². The predicted octanol–water partition coefficient (Wildman–Crippen LogP) is 2.78. The number of hydrogen-bond acceptors (Lipinski definition) is 5. The third-order valence-corrected chi connectivity index (χ3v) is 3.81. The average molecular weight is 292 g/mol. The van der Waals surface area contributed by atoms with E-state index in [9.17, 15) is 8.60 Å². The van der Waals surface area contributed by atoms with Crippen LogP contribution in [0, 0.1) is 5.82 Å². The molecular formula is C13H9FN2O3S. The molecule has 0 N–H and O–H groups in total. The predicted molar refractivity (Wildman–Crippen MR) is 68.5 cm³/mol. The van der Waals surface area contributed by atoms with E-state index in [2.05, 4.69) is 10.1 Å². The van der Waals surface area contributed by atoms with Gasteiger partial charge in [0.05, 0.1) is 17.1 Å². The zero-order valence-electron chi connectivity index (χ0n) is 10.2. The molecule has 1 aromatic carbocycles. The first kappa shape index (κ1) is 12.7. The third kappa shape index (κ3) is 2.67. The molecule has 0 aliphatic rings. The summed E-state index contributed by atoms with van der Waals surface area (Å²) in [6.45, 7) is 0. The molecule has 0 radical (unpaired) electrons. The fourth-order valence-electron chi connectivity index (χ4n) is 1.62. The van der Waals surface area contributed by atoms with E-state index in [0.717, 1.165) is 0 Å². The molecule has 1 unspecified atom stereocenters. The molecule has 102 valence electrons. The van der Waals surface area contributed by atoms with E-state index >= 15 is 0 Å². The molecule has 0 fully saturated rings. The molecule has 0 aliphatic heterocycles. The van der Waals surface area contributed by atoms with E-state index in [-0.39, 0.29) is 11.6 Å². The van der Waals surface area contributed by atoms with E-state index in [1.807, 2.05) is 0 Å². The van der Waals surface area contributed by atoms with Crippen LogP contribution in [0.1, 0.15) is 5.89 Å². The second-order valence-corrected chi connectivity index (χ2v) is 5.39. The van der Waals surface area contributed by atoms with Crippen molar-refractivity contribution < 1.29 is 17.5 Å². The van der Waals surface area contributed by atoms with Crippen LogP contribution in [-0.4, -0.2) is 14.3 Å². The Kier molecular flexibility index (Phi) is 3.42. The number of nitrogens with zero attached hydrogens (tertiary/aromatic N) is 2. The van der Waals surface area contributed by atoms with Crippen molar-refractivity contribution in [3.8, 4) is 11.6 Å². The first-order chi connectivity index (χ1) is 9.72. The largest absolute Gasteiger partial charge is 0.461 e. The van der Waals surface area contributed by atoms with Crippen molar-refractivity contribution in [3.63, 3.8) is 0 Å². The van der Waals surface area contributed by atoms with Gasteiger partial charge in [-0.1, -0.05) is 11.2 Å². The summed E-state index contributed by atoms with van der Waals surface area (Å²) in [5, 5.41) is 3.73. The summed E-state index contributed by atoms with van der Waals surface area (Å²) in [4.78, 5) is 4.46. The molecule has 3 aromatic rings. The Morgan fingerprint density at radius 3 is 2.90 bits per heavy atom. The van der Waals surface area contributed by atoms with Crippen LogP contribution in [0.15, 0.2) is 56.5 Å². The topological polar surface area (TPSA) is 69.1 Å². The Balaban J connectivity index is 1.77. The van der Waals surface area contributed by atoms with Gasteiger partial charge >= 0.3 is 0 Å². The van der Waals surface area contributed by atoms with Gasteiger partial charge in [0, 0.05) is 4.90 Å². The molecule has 3 rings (SSSR count). The Morgan fingerprint density at radius 2 is 2.15 bits per heavy atom. The summed E-state index contributed by atoms with van der Waals surface area (Å²) >= 11 is 0. The van der Waals surface area contributed by atoms with Crippen molar-refractivity contribution in [2.45, 2.75) is 10.6 Å². The zero-order valence-corrected chi connectivity index (χ0v) is 11.0. The number of hydrogen-bond donors (Lipinski definition) is 0. The second kappa shape index (κ2) is 5.38. The summed E-state index contributed by atoms with van der Waals surface area (Å²) in [5.74, 6) is 0.561. The number of furan rings is 1. The Hall–Kier alpha value is -2.28. The van der Waals surface area contributed by atoms with E-state index in [4.69, 9.17) is 8.94 Å². The van der Waals surface area contributed by atoms with Crippen LogP contribution >= 0.6 is 0 Å². The summed E-state index contributed by atoms with van der Waals surface area (Å²) < 4.78 is 35.2. The van der Waals surface area contributed by atoms with Gasteiger partial charge in [-0.2, -0.15) is 4.98 Å². The maximum Gasteiger partial charge on any atom is 0.240 e. The maximum atomic E-state index is 13.1. The SMILES string of the molecule is O=S(Cc1nc(-c2ccco2)no1)c1cccc(F)c1. The lowest BCUT2D eigenvalue weighted by molar-refractivity contribution is 0.389. The number of benzene rings is 1. The Labute approximate surface area is 115 Å². The van der Waals surface area contributed by atoms with Gasteiger partial charge in [0.1, 0.15) is 11.6 Å². The molecule has 0 saturated heterocycles. The zero-order chi connectivity index (χ0) is 13.9. The van der Waals surface area contributed by atoms with Crippen LogP contribution in [0.25, 0.3) is 11.6 Å². The minimum absolute atomic E-state index is 0.0250. The normalized spacial score (nSPS) is 12.4. The molecule has 0 spiro atoms. The van der Waals surface area contributed by atoms with Gasteiger partial charge in [-0.25, -0.2) is 4.39 Å². The van der Waals surface area contributed by atoms with Gasteiger partial charge in [-0.15, -0.1) is 0 Å². The highest BCUT2D eigenvalue weighted by Gasteiger charge is 2.14. The minimum atomic E-state index is -1.44. The molecule has 0 saturated carbocycles. The number of rotatable bonds is 4. The highest BCUT2D eigenvalue weighted by atomic mass is 32.2. The van der Waals surface area contributed by atoms with Crippen LogP contribution in [0.3, 0.4) is 0 Å². The number of aromatic nitrogens is 2. The summed E-state index contributed by atoms with van der Waals surface area (Å²) in [6.07, 6.45) is 1.50. The van der Waals surface area contributed by atoms with E-state index in [1.165, 1.54) is 24.5 Å². The maximum absolute atomic E-state index is 13.1. The van der Waals surface area contributed by atoms with Gasteiger partial charge in [0.15, 0.2) is 5.76 Å². The first-order valence-corrected chi connectivity index (χ1v) is 7.04. The highest BCUT2D eigenvalue weighted by molar-refractivity contribution is 7.84. The monoisotopic (exact) mass is 292 g/mol. The summed E-state index contributed by atoms with van der Waals surface area (Å²) in [6, 6.07) is 9.00. The van der Waals surface area contributed by atoms with Crippen LogP contribution in [0.4, 0.5) is 4.39 Å². The highest BCUT2D eigenvalue weighted by Crippen LogP contribution is 2.18.